The Bertz CT molecular complexity index is 648. The summed E-state index contributed by atoms with van der Waals surface area (Å²) in [5.41, 5.74) is 2.08. The van der Waals surface area contributed by atoms with Gasteiger partial charge in [0.25, 0.3) is 0 Å². The predicted octanol–water partition coefficient (Wildman–Crippen LogP) is 4.88. The maximum atomic E-state index is 6.00. The molecule has 1 aliphatic rings. The highest BCUT2D eigenvalue weighted by molar-refractivity contribution is 9.10. The van der Waals surface area contributed by atoms with Gasteiger partial charge in [-0.1, -0.05) is 23.7 Å². The van der Waals surface area contributed by atoms with E-state index in [1.54, 1.807) is 0 Å². The second-order valence-electron chi connectivity index (χ2n) is 4.78. The van der Waals surface area contributed by atoms with Crippen LogP contribution in [0.1, 0.15) is 12.0 Å². The maximum absolute atomic E-state index is 6.00. The Balaban J connectivity index is 1.77. The van der Waals surface area contributed by atoms with Gasteiger partial charge < -0.3 is 14.8 Å². The molecule has 0 aliphatic carbocycles. The molecular weight excluding hydrogens is 354 g/mol. The second-order valence-corrected chi connectivity index (χ2v) is 6.04. The van der Waals surface area contributed by atoms with Gasteiger partial charge in [0.1, 0.15) is 0 Å². The van der Waals surface area contributed by atoms with Gasteiger partial charge in [-0.25, -0.2) is 0 Å². The minimum atomic E-state index is 0.667. The van der Waals surface area contributed by atoms with Crippen molar-refractivity contribution in [3.05, 3.63) is 51.5 Å². The lowest BCUT2D eigenvalue weighted by Gasteiger charge is -2.14. The van der Waals surface area contributed by atoms with Crippen molar-refractivity contribution in [2.24, 2.45) is 0 Å². The van der Waals surface area contributed by atoms with E-state index in [-0.39, 0.29) is 0 Å². The van der Waals surface area contributed by atoms with Crippen molar-refractivity contribution in [3.63, 3.8) is 0 Å². The number of halogens is 2. The minimum Gasteiger partial charge on any atom is -0.490 e. The minimum absolute atomic E-state index is 0.667. The number of fused-ring (bicyclic) bond motifs is 1. The molecule has 3 rings (SSSR count). The summed E-state index contributed by atoms with van der Waals surface area (Å²) in [5, 5.41) is 4.08. The molecule has 2 aromatic carbocycles. The first-order valence-corrected chi connectivity index (χ1v) is 7.97. The van der Waals surface area contributed by atoms with Crippen molar-refractivity contribution < 1.29 is 9.47 Å². The molecule has 0 unspecified atom stereocenters. The number of hydrogen-bond acceptors (Lipinski definition) is 3. The molecule has 0 atom stereocenters. The number of rotatable bonds is 3. The van der Waals surface area contributed by atoms with Gasteiger partial charge >= 0.3 is 0 Å². The molecule has 0 saturated carbocycles. The lowest BCUT2D eigenvalue weighted by molar-refractivity contribution is 0.296. The SMILES string of the molecule is Clc1ccc(NCc2cccc3c2OCCCO3)cc1Br. The lowest BCUT2D eigenvalue weighted by Crippen LogP contribution is -2.03. The van der Waals surface area contributed by atoms with E-state index < -0.39 is 0 Å². The van der Waals surface area contributed by atoms with Crippen LogP contribution in [0.3, 0.4) is 0 Å². The average Bonchev–Trinajstić information content (AvgIpc) is 2.74. The first-order chi connectivity index (χ1) is 10.2. The number of hydrogen-bond donors (Lipinski definition) is 1. The van der Waals surface area contributed by atoms with E-state index in [0.29, 0.717) is 24.8 Å². The van der Waals surface area contributed by atoms with Crippen LogP contribution in [-0.2, 0) is 6.54 Å². The molecule has 0 spiro atoms. The van der Waals surface area contributed by atoms with Gasteiger partial charge in [-0.05, 0) is 40.2 Å². The highest BCUT2D eigenvalue weighted by Gasteiger charge is 2.14. The van der Waals surface area contributed by atoms with Crippen LogP contribution in [0, 0.1) is 0 Å². The number of benzene rings is 2. The molecule has 21 heavy (non-hydrogen) atoms. The third-order valence-electron chi connectivity index (χ3n) is 3.26. The van der Waals surface area contributed by atoms with Gasteiger partial charge in [0.05, 0.1) is 18.2 Å². The second kappa shape index (κ2) is 6.58. The molecular formula is C16H15BrClNO2. The quantitative estimate of drug-likeness (QED) is 0.838. The molecule has 1 N–H and O–H groups in total. The molecule has 110 valence electrons. The highest BCUT2D eigenvalue weighted by atomic mass is 79.9. The summed E-state index contributed by atoms with van der Waals surface area (Å²) in [5.74, 6) is 1.67. The zero-order valence-corrected chi connectivity index (χ0v) is 13.7. The number of ether oxygens (including phenoxy) is 2. The van der Waals surface area contributed by atoms with E-state index in [1.807, 2.05) is 36.4 Å². The molecule has 0 aromatic heterocycles. The Labute approximate surface area is 137 Å². The largest absolute Gasteiger partial charge is 0.490 e. The normalized spacial score (nSPS) is 13.6. The van der Waals surface area contributed by atoms with Gasteiger partial charge in [0.15, 0.2) is 11.5 Å². The number of para-hydroxylation sites is 1. The van der Waals surface area contributed by atoms with Gasteiger partial charge in [0.2, 0.25) is 0 Å². The predicted molar refractivity (Wildman–Crippen MR) is 88.5 cm³/mol. The third kappa shape index (κ3) is 3.44. The number of nitrogens with one attached hydrogen (secondary N) is 1. The van der Waals surface area contributed by atoms with E-state index in [0.717, 1.165) is 33.6 Å². The molecule has 0 fully saturated rings. The maximum Gasteiger partial charge on any atom is 0.166 e. The fourth-order valence-corrected chi connectivity index (χ4v) is 2.69. The summed E-state index contributed by atoms with van der Waals surface area (Å²) in [6, 6.07) is 11.8. The molecule has 3 nitrogen and oxygen atoms in total. The van der Waals surface area contributed by atoms with Gasteiger partial charge in [-0.15, -0.1) is 0 Å². The lowest BCUT2D eigenvalue weighted by atomic mass is 10.1. The van der Waals surface area contributed by atoms with Crippen LogP contribution in [0.25, 0.3) is 0 Å². The fourth-order valence-electron chi connectivity index (χ4n) is 2.20. The van der Waals surface area contributed by atoms with Crippen LogP contribution in [-0.4, -0.2) is 13.2 Å². The van der Waals surface area contributed by atoms with E-state index in [2.05, 4.69) is 21.2 Å². The van der Waals surface area contributed by atoms with Gasteiger partial charge in [-0.3, -0.25) is 0 Å². The van der Waals surface area contributed by atoms with E-state index in [9.17, 15) is 0 Å². The molecule has 1 aliphatic heterocycles. The zero-order valence-electron chi connectivity index (χ0n) is 11.4. The van der Waals surface area contributed by atoms with Crippen LogP contribution in [0.5, 0.6) is 11.5 Å². The molecule has 0 amide bonds. The van der Waals surface area contributed by atoms with E-state index in [1.165, 1.54) is 0 Å². The van der Waals surface area contributed by atoms with Crippen LogP contribution >= 0.6 is 27.5 Å². The fraction of sp³-hybridized carbons (Fsp3) is 0.250. The van der Waals surface area contributed by atoms with Crippen LogP contribution in [0.4, 0.5) is 5.69 Å². The first-order valence-electron chi connectivity index (χ1n) is 6.80. The average molecular weight is 369 g/mol. The van der Waals surface area contributed by atoms with Crippen molar-refractivity contribution >= 4 is 33.2 Å². The molecule has 5 heteroatoms. The van der Waals surface area contributed by atoms with E-state index >= 15 is 0 Å². The van der Waals surface area contributed by atoms with Gasteiger partial charge in [-0.2, -0.15) is 0 Å². The Morgan fingerprint density at radius 2 is 2.00 bits per heavy atom. The van der Waals surface area contributed by atoms with Crippen LogP contribution in [0.2, 0.25) is 5.02 Å². The summed E-state index contributed by atoms with van der Waals surface area (Å²) < 4.78 is 12.4. The third-order valence-corrected chi connectivity index (χ3v) is 4.47. The summed E-state index contributed by atoms with van der Waals surface area (Å²) in [6.45, 7) is 2.06. The van der Waals surface area contributed by atoms with Crippen LogP contribution in [0.15, 0.2) is 40.9 Å². The van der Waals surface area contributed by atoms with Crippen LogP contribution < -0.4 is 14.8 Å². The highest BCUT2D eigenvalue weighted by Crippen LogP contribution is 2.34. The Morgan fingerprint density at radius 1 is 1.14 bits per heavy atom. The Kier molecular flexibility index (Phi) is 4.56. The zero-order chi connectivity index (χ0) is 14.7. The molecule has 1 heterocycles. The van der Waals surface area contributed by atoms with Crippen molar-refractivity contribution in [2.45, 2.75) is 13.0 Å². The smallest absolute Gasteiger partial charge is 0.166 e. The molecule has 0 bridgehead atoms. The Hall–Kier alpha value is -1.39. The van der Waals surface area contributed by atoms with Gasteiger partial charge in [0, 0.05) is 28.7 Å². The van der Waals surface area contributed by atoms with Crippen molar-refractivity contribution in [1.82, 2.24) is 0 Å². The summed E-state index contributed by atoms with van der Waals surface area (Å²) in [4.78, 5) is 0. The van der Waals surface area contributed by atoms with E-state index in [4.69, 9.17) is 21.1 Å². The van der Waals surface area contributed by atoms with Crippen molar-refractivity contribution in [1.29, 1.82) is 0 Å². The number of anilines is 1. The Morgan fingerprint density at radius 3 is 2.86 bits per heavy atom. The topological polar surface area (TPSA) is 30.5 Å². The standard InChI is InChI=1S/C16H15BrClNO2/c17-13-9-12(5-6-14(13)18)19-10-11-3-1-4-15-16(11)21-8-2-7-20-15/h1,3-6,9,19H,2,7-8,10H2. The summed E-state index contributed by atoms with van der Waals surface area (Å²) in [6.07, 6.45) is 0.908. The monoisotopic (exact) mass is 367 g/mol. The van der Waals surface area contributed by atoms with Crippen molar-refractivity contribution in [3.8, 4) is 11.5 Å². The molecule has 2 aromatic rings. The molecule has 0 saturated heterocycles. The first kappa shape index (κ1) is 14.5. The summed E-state index contributed by atoms with van der Waals surface area (Å²) in [7, 11) is 0. The van der Waals surface area contributed by atoms with Crippen molar-refractivity contribution in [2.75, 3.05) is 18.5 Å². The molecule has 0 radical (unpaired) electrons. The summed E-state index contributed by atoms with van der Waals surface area (Å²) >= 11 is 9.43.